The normalized spacial score (nSPS) is 17.1. The molecule has 154 valence electrons. The van der Waals surface area contributed by atoms with E-state index in [9.17, 15) is 9.59 Å². The van der Waals surface area contributed by atoms with Gasteiger partial charge < -0.3 is 9.80 Å². The standard InChI is InChI=1S/C24H30N2O2S/c1-2-14-26(24(28)22-17-19-10-6-7-11-21(19)29-22)20-12-15-25(16-13-20)23(27)18-8-4-3-5-9-18/h3-5,8-9,17,20H,2,6-7,10-16H2,1H3. The van der Waals surface area contributed by atoms with Gasteiger partial charge in [0.15, 0.2) is 0 Å². The maximum absolute atomic E-state index is 13.3. The minimum absolute atomic E-state index is 0.100. The van der Waals surface area contributed by atoms with Crippen LogP contribution in [-0.4, -0.2) is 47.3 Å². The van der Waals surface area contributed by atoms with Crippen LogP contribution in [0.15, 0.2) is 36.4 Å². The van der Waals surface area contributed by atoms with E-state index in [4.69, 9.17) is 0 Å². The van der Waals surface area contributed by atoms with Crippen LogP contribution in [0.1, 0.15) is 69.5 Å². The summed E-state index contributed by atoms with van der Waals surface area (Å²) in [5.41, 5.74) is 2.14. The van der Waals surface area contributed by atoms with Gasteiger partial charge in [-0.15, -0.1) is 11.3 Å². The molecule has 2 amide bonds. The van der Waals surface area contributed by atoms with Gasteiger partial charge in [0.1, 0.15) is 0 Å². The molecule has 2 heterocycles. The number of carbonyl (C=O) groups is 2. The van der Waals surface area contributed by atoms with Gasteiger partial charge in [-0.3, -0.25) is 9.59 Å². The lowest BCUT2D eigenvalue weighted by Crippen LogP contribution is -2.49. The lowest BCUT2D eigenvalue weighted by molar-refractivity contribution is 0.0522. The fraction of sp³-hybridized carbons (Fsp3) is 0.500. The zero-order valence-corrected chi connectivity index (χ0v) is 18.0. The van der Waals surface area contributed by atoms with E-state index in [1.165, 1.54) is 23.3 Å². The second-order valence-corrected chi connectivity index (χ2v) is 9.29. The first-order chi connectivity index (χ1) is 14.2. The highest BCUT2D eigenvalue weighted by Gasteiger charge is 2.31. The van der Waals surface area contributed by atoms with Crippen molar-refractivity contribution in [3.05, 3.63) is 57.3 Å². The maximum atomic E-state index is 13.3. The maximum Gasteiger partial charge on any atom is 0.264 e. The lowest BCUT2D eigenvalue weighted by atomic mass is 9.99. The molecule has 0 radical (unpaired) electrons. The fourth-order valence-electron chi connectivity index (χ4n) is 4.57. The number of aryl methyl sites for hydroxylation is 2. The summed E-state index contributed by atoms with van der Waals surface area (Å²) in [6.45, 7) is 4.35. The van der Waals surface area contributed by atoms with Crippen molar-refractivity contribution in [2.45, 2.75) is 57.9 Å². The van der Waals surface area contributed by atoms with Crippen molar-refractivity contribution in [3.63, 3.8) is 0 Å². The van der Waals surface area contributed by atoms with Crippen molar-refractivity contribution in [3.8, 4) is 0 Å². The molecule has 0 saturated carbocycles. The van der Waals surface area contributed by atoms with E-state index in [2.05, 4.69) is 17.9 Å². The Morgan fingerprint density at radius 1 is 1.10 bits per heavy atom. The molecule has 5 heteroatoms. The average Bonchev–Trinajstić information content (AvgIpc) is 3.22. The quantitative estimate of drug-likeness (QED) is 0.711. The molecule has 1 fully saturated rings. The largest absolute Gasteiger partial charge is 0.338 e. The molecule has 1 aromatic heterocycles. The summed E-state index contributed by atoms with van der Waals surface area (Å²) in [6.07, 6.45) is 7.40. The Labute approximate surface area is 177 Å². The van der Waals surface area contributed by atoms with Crippen LogP contribution in [0.5, 0.6) is 0 Å². The van der Waals surface area contributed by atoms with E-state index < -0.39 is 0 Å². The van der Waals surface area contributed by atoms with Gasteiger partial charge in [-0.25, -0.2) is 0 Å². The second kappa shape index (κ2) is 9.12. The second-order valence-electron chi connectivity index (χ2n) is 8.15. The van der Waals surface area contributed by atoms with Gasteiger partial charge in [0, 0.05) is 36.1 Å². The molecular formula is C24H30N2O2S. The molecule has 0 N–H and O–H groups in total. The summed E-state index contributed by atoms with van der Waals surface area (Å²) >= 11 is 1.71. The Balaban J connectivity index is 1.42. The molecule has 0 unspecified atom stereocenters. The molecule has 4 nitrogen and oxygen atoms in total. The molecule has 1 saturated heterocycles. The molecule has 0 atom stereocenters. The third-order valence-electron chi connectivity index (χ3n) is 6.15. The predicted octanol–water partition coefficient (Wildman–Crippen LogP) is 4.78. The van der Waals surface area contributed by atoms with E-state index >= 15 is 0 Å². The SMILES string of the molecule is CCCN(C(=O)c1cc2c(s1)CCCC2)C1CCN(C(=O)c2ccccc2)CC1. The highest BCUT2D eigenvalue weighted by molar-refractivity contribution is 7.14. The van der Waals surface area contributed by atoms with Crippen molar-refractivity contribution < 1.29 is 9.59 Å². The van der Waals surface area contributed by atoms with E-state index in [1.807, 2.05) is 35.2 Å². The van der Waals surface area contributed by atoms with Crippen LogP contribution in [0.4, 0.5) is 0 Å². The number of fused-ring (bicyclic) bond motifs is 1. The van der Waals surface area contributed by atoms with Gasteiger partial charge in [0.05, 0.1) is 4.88 Å². The number of hydrogen-bond acceptors (Lipinski definition) is 3. The smallest absolute Gasteiger partial charge is 0.264 e. The number of thiophene rings is 1. The van der Waals surface area contributed by atoms with Crippen LogP contribution in [0.25, 0.3) is 0 Å². The molecule has 1 aliphatic heterocycles. The zero-order valence-electron chi connectivity index (χ0n) is 17.2. The van der Waals surface area contributed by atoms with Gasteiger partial charge in [0.2, 0.25) is 0 Å². The fourth-order valence-corrected chi connectivity index (χ4v) is 5.78. The third-order valence-corrected chi connectivity index (χ3v) is 7.37. The summed E-state index contributed by atoms with van der Waals surface area (Å²) in [7, 11) is 0. The molecule has 29 heavy (non-hydrogen) atoms. The highest BCUT2D eigenvalue weighted by Crippen LogP contribution is 2.31. The summed E-state index contributed by atoms with van der Waals surface area (Å²) < 4.78 is 0. The number of likely N-dealkylation sites (tertiary alicyclic amines) is 1. The van der Waals surface area contributed by atoms with Crippen molar-refractivity contribution in [2.24, 2.45) is 0 Å². The molecular weight excluding hydrogens is 380 g/mol. The number of benzene rings is 1. The first-order valence-electron chi connectivity index (χ1n) is 10.9. The average molecular weight is 411 g/mol. The van der Waals surface area contributed by atoms with Crippen LogP contribution < -0.4 is 0 Å². The lowest BCUT2D eigenvalue weighted by Gasteiger charge is -2.38. The minimum atomic E-state index is 0.100. The third kappa shape index (κ3) is 4.40. The van der Waals surface area contributed by atoms with E-state index in [0.29, 0.717) is 13.1 Å². The van der Waals surface area contributed by atoms with Gasteiger partial charge in [-0.1, -0.05) is 25.1 Å². The molecule has 0 spiro atoms. The summed E-state index contributed by atoms with van der Waals surface area (Å²) in [6, 6.07) is 11.9. The zero-order chi connectivity index (χ0) is 20.2. The van der Waals surface area contributed by atoms with E-state index in [0.717, 1.165) is 49.1 Å². The Kier molecular flexibility index (Phi) is 6.34. The van der Waals surface area contributed by atoms with E-state index in [-0.39, 0.29) is 17.9 Å². The topological polar surface area (TPSA) is 40.6 Å². The van der Waals surface area contributed by atoms with Crippen LogP contribution in [0.2, 0.25) is 0 Å². The van der Waals surface area contributed by atoms with Gasteiger partial charge in [-0.2, -0.15) is 0 Å². The van der Waals surface area contributed by atoms with Crippen LogP contribution >= 0.6 is 11.3 Å². The Bertz CT molecular complexity index is 830. The van der Waals surface area contributed by atoms with Crippen molar-refractivity contribution >= 4 is 23.2 Å². The highest BCUT2D eigenvalue weighted by atomic mass is 32.1. The number of amides is 2. The van der Waals surface area contributed by atoms with Gasteiger partial charge in [0.25, 0.3) is 11.8 Å². The van der Waals surface area contributed by atoms with Gasteiger partial charge >= 0.3 is 0 Å². The Morgan fingerprint density at radius 2 is 1.83 bits per heavy atom. The van der Waals surface area contributed by atoms with Crippen molar-refractivity contribution in [1.82, 2.24) is 9.80 Å². The molecule has 1 aliphatic carbocycles. The first kappa shape index (κ1) is 20.1. The predicted molar refractivity (Wildman–Crippen MR) is 118 cm³/mol. The Morgan fingerprint density at radius 3 is 2.52 bits per heavy atom. The number of piperidine rings is 1. The Hall–Kier alpha value is -2.14. The first-order valence-corrected chi connectivity index (χ1v) is 11.8. The summed E-state index contributed by atoms with van der Waals surface area (Å²) in [5, 5.41) is 0. The molecule has 1 aromatic carbocycles. The number of rotatable bonds is 5. The molecule has 2 aromatic rings. The summed E-state index contributed by atoms with van der Waals surface area (Å²) in [4.78, 5) is 32.4. The van der Waals surface area contributed by atoms with Crippen LogP contribution in [0.3, 0.4) is 0 Å². The molecule has 2 aliphatic rings. The number of hydrogen-bond donors (Lipinski definition) is 0. The molecule has 0 bridgehead atoms. The number of carbonyl (C=O) groups excluding carboxylic acids is 2. The summed E-state index contributed by atoms with van der Waals surface area (Å²) in [5.74, 6) is 0.294. The van der Waals surface area contributed by atoms with E-state index in [1.54, 1.807) is 11.3 Å². The van der Waals surface area contributed by atoms with Crippen molar-refractivity contribution in [2.75, 3.05) is 19.6 Å². The van der Waals surface area contributed by atoms with Crippen molar-refractivity contribution in [1.29, 1.82) is 0 Å². The number of nitrogens with zero attached hydrogens (tertiary/aromatic N) is 2. The monoisotopic (exact) mass is 410 g/mol. The minimum Gasteiger partial charge on any atom is -0.338 e. The van der Waals surface area contributed by atoms with Gasteiger partial charge in [-0.05, 0) is 68.7 Å². The molecule has 4 rings (SSSR count). The van der Waals surface area contributed by atoms with Crippen LogP contribution in [0, 0.1) is 0 Å². The van der Waals surface area contributed by atoms with Crippen LogP contribution in [-0.2, 0) is 12.8 Å².